The number of hydrogen-bond acceptors (Lipinski definition) is 4. The molecule has 0 bridgehead atoms. The molecule has 190 valence electrons. The number of carbonyl (C=O) groups excluding carboxylic acids is 1. The van der Waals surface area contributed by atoms with Crippen molar-refractivity contribution in [2.45, 2.75) is 56.7 Å². The fraction of sp³-hybridized carbons (Fsp3) is 0.500. The van der Waals surface area contributed by atoms with E-state index in [1.165, 1.54) is 0 Å². The maximum atomic E-state index is 13.7. The maximum absolute atomic E-state index is 13.7. The van der Waals surface area contributed by atoms with E-state index in [0.717, 1.165) is 34.8 Å². The van der Waals surface area contributed by atoms with Crippen molar-refractivity contribution in [3.63, 3.8) is 0 Å². The van der Waals surface area contributed by atoms with Crippen LogP contribution in [0.3, 0.4) is 0 Å². The number of nitrogens with one attached hydrogen (secondary N) is 1. The van der Waals surface area contributed by atoms with Crippen molar-refractivity contribution in [1.29, 1.82) is 0 Å². The molecule has 1 N–H and O–H groups in total. The Morgan fingerprint density at radius 3 is 2.57 bits per heavy atom. The summed E-state index contributed by atoms with van der Waals surface area (Å²) in [5.74, 6) is -0.00790. The third kappa shape index (κ3) is 5.22. The van der Waals surface area contributed by atoms with Crippen molar-refractivity contribution in [3.8, 4) is 0 Å². The number of amides is 1. The Hall–Kier alpha value is -1.36. The van der Waals surface area contributed by atoms with Crippen LogP contribution in [0.2, 0.25) is 0 Å². The fourth-order valence-electron chi connectivity index (χ4n) is 5.36. The van der Waals surface area contributed by atoms with Gasteiger partial charge >= 0.3 is 0 Å². The molecule has 4 atom stereocenters. The SMILES string of the molecule is C=C/C=C(\C=C/C)c1cccc(CC2C(NS(=O)(=O)CP)C3(CC3)CN2C(=O)C2(OC)CC2)c1P. The molecule has 4 rings (SSSR count). The molecule has 4 unspecified atom stereocenters. The molecule has 2 saturated carbocycles. The highest BCUT2D eigenvalue weighted by molar-refractivity contribution is 7.93. The molecule has 1 aromatic carbocycles. The maximum Gasteiger partial charge on any atom is 0.255 e. The summed E-state index contributed by atoms with van der Waals surface area (Å²) in [7, 11) is 3.28. The number of likely N-dealkylation sites (tertiary alicyclic amines) is 1. The van der Waals surface area contributed by atoms with Gasteiger partial charge in [-0.3, -0.25) is 4.79 Å². The number of benzene rings is 1. The summed E-state index contributed by atoms with van der Waals surface area (Å²) in [6, 6.07) is 5.55. The third-order valence-corrected chi connectivity index (χ3v) is 10.7. The molecule has 6 nitrogen and oxygen atoms in total. The zero-order valence-corrected chi connectivity index (χ0v) is 23.6. The molecule has 3 aliphatic rings. The van der Waals surface area contributed by atoms with Gasteiger partial charge in [0, 0.05) is 25.1 Å². The van der Waals surface area contributed by atoms with Gasteiger partial charge in [0.05, 0.1) is 11.5 Å². The quantitative estimate of drug-likeness (QED) is 0.370. The van der Waals surface area contributed by atoms with E-state index in [9.17, 15) is 13.2 Å². The van der Waals surface area contributed by atoms with Crippen LogP contribution < -0.4 is 10.0 Å². The number of rotatable bonds is 10. The molecule has 9 heteroatoms. The first-order chi connectivity index (χ1) is 16.7. The first kappa shape index (κ1) is 26.7. The second-order valence-corrected chi connectivity index (χ2v) is 13.3. The summed E-state index contributed by atoms with van der Waals surface area (Å²) < 4.78 is 34.0. The molecule has 35 heavy (non-hydrogen) atoms. The van der Waals surface area contributed by atoms with Crippen molar-refractivity contribution in [3.05, 3.63) is 60.2 Å². The Bertz CT molecular complexity index is 1170. The van der Waals surface area contributed by atoms with Crippen LogP contribution in [-0.4, -0.2) is 56.1 Å². The van der Waals surface area contributed by atoms with Crippen molar-refractivity contribution >= 4 is 45.3 Å². The summed E-state index contributed by atoms with van der Waals surface area (Å²) >= 11 is 0. The minimum atomic E-state index is -3.47. The second kappa shape index (κ2) is 10.2. The first-order valence-electron chi connectivity index (χ1n) is 12.1. The van der Waals surface area contributed by atoms with E-state index in [4.69, 9.17) is 4.74 Å². The highest BCUT2D eigenvalue weighted by Gasteiger charge is 2.64. The van der Waals surface area contributed by atoms with Crippen LogP contribution in [0.25, 0.3) is 5.57 Å². The van der Waals surface area contributed by atoms with Gasteiger partial charge in [0.1, 0.15) is 5.60 Å². The number of sulfonamides is 1. The summed E-state index contributed by atoms with van der Waals surface area (Å²) in [6.45, 7) is 6.39. The largest absolute Gasteiger partial charge is 0.368 e. The lowest BCUT2D eigenvalue weighted by atomic mass is 9.91. The van der Waals surface area contributed by atoms with E-state index >= 15 is 0 Å². The second-order valence-electron chi connectivity index (χ2n) is 9.88. The van der Waals surface area contributed by atoms with Crippen LogP contribution in [-0.2, 0) is 26.0 Å². The van der Waals surface area contributed by atoms with E-state index in [1.807, 2.05) is 36.1 Å². The van der Waals surface area contributed by atoms with E-state index in [2.05, 4.69) is 41.9 Å². The monoisotopic (exact) mass is 534 g/mol. The Balaban J connectivity index is 1.74. The molecule has 0 aromatic heterocycles. The van der Waals surface area contributed by atoms with Gasteiger partial charge in [0.2, 0.25) is 10.0 Å². The molecular formula is C26H36N2O4P2S. The molecule has 1 aromatic rings. The number of nitrogens with zero attached hydrogens (tertiary/aromatic N) is 1. The predicted molar refractivity (Wildman–Crippen MR) is 149 cm³/mol. The lowest BCUT2D eigenvalue weighted by molar-refractivity contribution is -0.145. The van der Waals surface area contributed by atoms with Crippen LogP contribution in [0.5, 0.6) is 0 Å². The van der Waals surface area contributed by atoms with Gasteiger partial charge in [-0.25, -0.2) is 13.1 Å². The lowest BCUT2D eigenvalue weighted by Gasteiger charge is -2.32. The molecule has 0 radical (unpaired) electrons. The Labute approximate surface area is 214 Å². The molecule has 1 spiro atoms. The Morgan fingerprint density at radius 2 is 2.03 bits per heavy atom. The average molecular weight is 535 g/mol. The standard InChI is InChI=1S/C26H36N2O4P2S/c1-4-7-18(8-5-2)20-10-6-9-19(22(20)34)15-21-23(27-35(30,31)17-33)25(11-12-25)16-28(21)24(29)26(32-3)13-14-26/h4-10,21,23,27H,1,11-17,33-34H2,2-3H3/b8-5-,18-7+. The van der Waals surface area contributed by atoms with Crippen molar-refractivity contribution in [1.82, 2.24) is 9.62 Å². The predicted octanol–water partition coefficient (Wildman–Crippen LogP) is 3.17. The van der Waals surface area contributed by atoms with E-state index < -0.39 is 15.6 Å². The molecule has 1 heterocycles. The summed E-state index contributed by atoms with van der Waals surface area (Å²) in [5, 5.41) is 1.04. The van der Waals surface area contributed by atoms with Gasteiger partial charge in [-0.05, 0) is 61.0 Å². The van der Waals surface area contributed by atoms with Crippen molar-refractivity contribution < 1.29 is 17.9 Å². The summed E-state index contributed by atoms with van der Waals surface area (Å²) in [6.07, 6.45) is 11.6. The minimum Gasteiger partial charge on any atom is -0.368 e. The molecular weight excluding hydrogens is 498 g/mol. The van der Waals surface area contributed by atoms with Crippen LogP contribution in [0.4, 0.5) is 0 Å². The average Bonchev–Trinajstić information content (AvgIpc) is 3.76. The van der Waals surface area contributed by atoms with Gasteiger partial charge in [-0.1, -0.05) is 49.1 Å². The van der Waals surface area contributed by atoms with Crippen molar-refractivity contribution in [2.75, 3.05) is 19.1 Å². The Morgan fingerprint density at radius 1 is 1.31 bits per heavy atom. The van der Waals surface area contributed by atoms with Crippen LogP contribution in [0, 0.1) is 5.41 Å². The third-order valence-electron chi connectivity index (χ3n) is 7.67. The van der Waals surface area contributed by atoms with Gasteiger partial charge in [0.25, 0.3) is 5.91 Å². The number of methoxy groups -OCH3 is 1. The van der Waals surface area contributed by atoms with Crippen LogP contribution in [0.1, 0.15) is 43.7 Å². The van der Waals surface area contributed by atoms with E-state index in [-0.39, 0.29) is 28.9 Å². The highest BCUT2D eigenvalue weighted by Crippen LogP contribution is 2.57. The van der Waals surface area contributed by atoms with Crippen LogP contribution in [0.15, 0.2) is 49.1 Å². The minimum absolute atomic E-state index is 0.00790. The normalized spacial score (nSPS) is 24.8. The first-order valence-corrected chi connectivity index (χ1v) is 15.1. The number of allylic oxidation sites excluding steroid dienone is 5. The van der Waals surface area contributed by atoms with Gasteiger partial charge in [-0.2, -0.15) is 0 Å². The number of ether oxygens (including phenoxy) is 1. The molecule has 1 amide bonds. The number of hydrogen-bond donors (Lipinski definition) is 1. The van der Waals surface area contributed by atoms with E-state index in [0.29, 0.717) is 25.8 Å². The zero-order valence-electron chi connectivity index (χ0n) is 20.5. The lowest BCUT2D eigenvalue weighted by Crippen LogP contribution is -2.52. The van der Waals surface area contributed by atoms with Crippen LogP contribution >= 0.6 is 18.5 Å². The van der Waals surface area contributed by atoms with Gasteiger partial charge < -0.3 is 9.64 Å². The molecule has 2 aliphatic carbocycles. The van der Waals surface area contributed by atoms with E-state index in [1.54, 1.807) is 13.2 Å². The molecule has 1 saturated heterocycles. The van der Waals surface area contributed by atoms with Crippen molar-refractivity contribution in [2.24, 2.45) is 5.41 Å². The highest BCUT2D eigenvalue weighted by atomic mass is 32.2. The fourth-order valence-corrected chi connectivity index (χ4v) is 7.01. The van der Waals surface area contributed by atoms with Gasteiger partial charge in [-0.15, -0.1) is 18.5 Å². The summed E-state index contributed by atoms with van der Waals surface area (Å²) in [4.78, 5) is 15.6. The summed E-state index contributed by atoms with van der Waals surface area (Å²) in [5.41, 5.74) is 2.18. The molecule has 1 aliphatic heterocycles. The van der Waals surface area contributed by atoms with Gasteiger partial charge in [0.15, 0.2) is 0 Å². The smallest absolute Gasteiger partial charge is 0.255 e. The topological polar surface area (TPSA) is 75.7 Å². The number of carbonyl (C=O) groups is 1. The zero-order chi connectivity index (χ0) is 25.4. The molecule has 3 fully saturated rings. The Kier molecular flexibility index (Phi) is 7.77.